The Morgan fingerprint density at radius 3 is 2.50 bits per heavy atom. The van der Waals surface area contributed by atoms with Crippen LogP contribution in [0.25, 0.3) is 0 Å². The van der Waals surface area contributed by atoms with Gasteiger partial charge in [-0.05, 0) is 39.7 Å². The van der Waals surface area contributed by atoms with E-state index in [1.807, 2.05) is 20.8 Å². The van der Waals surface area contributed by atoms with E-state index in [2.05, 4.69) is 10.3 Å². The zero-order chi connectivity index (χ0) is 17.9. The van der Waals surface area contributed by atoms with Crippen LogP contribution < -0.4 is 5.32 Å². The minimum absolute atomic E-state index is 0.0466. The number of aromatic nitrogens is 1. The molecule has 0 aliphatic carbocycles. The third-order valence-electron chi connectivity index (χ3n) is 3.58. The van der Waals surface area contributed by atoms with Gasteiger partial charge in [-0.1, -0.05) is 11.6 Å². The van der Waals surface area contributed by atoms with E-state index in [4.69, 9.17) is 21.4 Å². The summed E-state index contributed by atoms with van der Waals surface area (Å²) in [6.45, 7) is 6.68. The predicted octanol–water partition coefficient (Wildman–Crippen LogP) is 3.24. The standard InChI is InChI=1S/C16H22ClN3O4/c1-16(2,3)24-15(23)20-6-4-11(5-7-20)19-13-12(17)8-10(9-18-13)14(21)22/h8-9,11H,4-7H2,1-3H3,(H,18,19)(H,21,22). The van der Waals surface area contributed by atoms with Crippen LogP contribution in [0.4, 0.5) is 10.6 Å². The van der Waals surface area contributed by atoms with Gasteiger partial charge in [0.15, 0.2) is 0 Å². The first-order valence-electron chi connectivity index (χ1n) is 7.79. The normalized spacial score (nSPS) is 15.9. The van der Waals surface area contributed by atoms with Gasteiger partial charge >= 0.3 is 12.1 Å². The van der Waals surface area contributed by atoms with Gasteiger partial charge in [-0.2, -0.15) is 0 Å². The van der Waals surface area contributed by atoms with Crippen molar-refractivity contribution in [3.8, 4) is 0 Å². The third kappa shape index (κ3) is 4.99. The van der Waals surface area contributed by atoms with Gasteiger partial charge in [0.2, 0.25) is 0 Å². The average molecular weight is 356 g/mol. The first-order valence-corrected chi connectivity index (χ1v) is 8.17. The highest BCUT2D eigenvalue weighted by Gasteiger charge is 2.27. The maximum Gasteiger partial charge on any atom is 0.410 e. The SMILES string of the molecule is CC(C)(C)OC(=O)N1CCC(Nc2ncc(C(=O)O)cc2Cl)CC1. The van der Waals surface area contributed by atoms with Crippen molar-refractivity contribution in [1.29, 1.82) is 0 Å². The van der Waals surface area contributed by atoms with Gasteiger partial charge in [-0.15, -0.1) is 0 Å². The number of halogens is 1. The molecule has 24 heavy (non-hydrogen) atoms. The molecule has 8 heteroatoms. The molecule has 132 valence electrons. The number of hydrogen-bond donors (Lipinski definition) is 2. The van der Waals surface area contributed by atoms with Gasteiger partial charge in [-0.3, -0.25) is 0 Å². The molecule has 0 radical (unpaired) electrons. The summed E-state index contributed by atoms with van der Waals surface area (Å²) in [5.74, 6) is -0.612. The van der Waals surface area contributed by atoms with E-state index in [0.29, 0.717) is 18.9 Å². The summed E-state index contributed by atoms with van der Waals surface area (Å²) >= 11 is 6.07. The lowest BCUT2D eigenvalue weighted by Gasteiger charge is -2.34. The van der Waals surface area contributed by atoms with Crippen LogP contribution in [0.5, 0.6) is 0 Å². The number of carbonyl (C=O) groups is 2. The lowest BCUT2D eigenvalue weighted by molar-refractivity contribution is 0.0210. The summed E-state index contributed by atoms with van der Waals surface area (Å²) in [7, 11) is 0. The van der Waals surface area contributed by atoms with E-state index in [1.54, 1.807) is 4.90 Å². The van der Waals surface area contributed by atoms with Crippen LogP contribution in [0, 0.1) is 0 Å². The molecule has 1 aliphatic heterocycles. The summed E-state index contributed by atoms with van der Waals surface area (Å²) in [6.07, 6.45) is 2.44. The zero-order valence-corrected chi connectivity index (χ0v) is 14.8. The van der Waals surface area contributed by atoms with Gasteiger partial charge in [0, 0.05) is 25.3 Å². The second kappa shape index (κ2) is 7.25. The Morgan fingerprint density at radius 1 is 1.38 bits per heavy atom. The maximum atomic E-state index is 12.0. The summed E-state index contributed by atoms with van der Waals surface area (Å²) in [5.41, 5.74) is -0.458. The minimum Gasteiger partial charge on any atom is -0.478 e. The Balaban J connectivity index is 1.89. The number of amides is 1. The van der Waals surface area contributed by atoms with Crippen molar-refractivity contribution in [3.05, 3.63) is 22.8 Å². The molecule has 7 nitrogen and oxygen atoms in total. The molecule has 1 amide bonds. The summed E-state index contributed by atoms with van der Waals surface area (Å²) in [4.78, 5) is 28.7. The van der Waals surface area contributed by atoms with Crippen molar-refractivity contribution in [2.75, 3.05) is 18.4 Å². The molecular weight excluding hydrogens is 334 g/mol. The summed E-state index contributed by atoms with van der Waals surface area (Å²) in [6, 6.07) is 1.49. The number of ether oxygens (including phenoxy) is 1. The average Bonchev–Trinajstić information content (AvgIpc) is 2.48. The molecule has 2 rings (SSSR count). The van der Waals surface area contributed by atoms with Crippen molar-refractivity contribution in [2.24, 2.45) is 0 Å². The van der Waals surface area contributed by atoms with Crippen LogP contribution in [0.3, 0.4) is 0 Å². The number of carboxylic acids is 1. The molecule has 0 spiro atoms. The lowest BCUT2D eigenvalue weighted by Crippen LogP contribution is -2.44. The highest BCUT2D eigenvalue weighted by Crippen LogP contribution is 2.24. The lowest BCUT2D eigenvalue weighted by atomic mass is 10.1. The second-order valence-corrected chi connectivity index (χ2v) is 7.15. The number of rotatable bonds is 3. The van der Waals surface area contributed by atoms with Crippen LogP contribution in [0.15, 0.2) is 12.3 Å². The summed E-state index contributed by atoms with van der Waals surface area (Å²) < 4.78 is 5.36. The Labute approximate surface area is 146 Å². The fraction of sp³-hybridized carbons (Fsp3) is 0.562. The number of carbonyl (C=O) groups excluding carboxylic acids is 1. The van der Waals surface area contributed by atoms with E-state index < -0.39 is 11.6 Å². The van der Waals surface area contributed by atoms with Crippen molar-refractivity contribution in [1.82, 2.24) is 9.88 Å². The van der Waals surface area contributed by atoms with E-state index in [-0.39, 0.29) is 22.7 Å². The van der Waals surface area contributed by atoms with Gasteiger partial charge in [0.1, 0.15) is 11.4 Å². The molecule has 1 fully saturated rings. The number of nitrogens with one attached hydrogen (secondary N) is 1. The van der Waals surface area contributed by atoms with Crippen molar-refractivity contribution < 1.29 is 19.4 Å². The molecule has 2 N–H and O–H groups in total. The molecule has 0 bridgehead atoms. The first-order chi connectivity index (χ1) is 11.2. The first kappa shape index (κ1) is 18.3. The topological polar surface area (TPSA) is 91.8 Å². The molecule has 1 aromatic rings. The quantitative estimate of drug-likeness (QED) is 0.864. The monoisotopic (exact) mass is 355 g/mol. The van der Waals surface area contributed by atoms with Gasteiger partial charge in [0.25, 0.3) is 0 Å². The van der Waals surface area contributed by atoms with Gasteiger partial charge < -0.3 is 20.1 Å². The number of nitrogens with zero attached hydrogens (tertiary/aromatic N) is 2. The number of carboxylic acid groups (broad SMARTS) is 1. The zero-order valence-electron chi connectivity index (χ0n) is 14.0. The smallest absolute Gasteiger partial charge is 0.410 e. The number of anilines is 1. The van der Waals surface area contributed by atoms with Crippen molar-refractivity contribution in [2.45, 2.75) is 45.3 Å². The van der Waals surface area contributed by atoms with E-state index >= 15 is 0 Å². The Bertz CT molecular complexity index is 622. The minimum atomic E-state index is -1.07. The second-order valence-electron chi connectivity index (χ2n) is 6.75. The van der Waals surface area contributed by atoms with Crippen molar-refractivity contribution in [3.63, 3.8) is 0 Å². The fourth-order valence-electron chi connectivity index (χ4n) is 2.39. The molecule has 0 saturated carbocycles. The fourth-order valence-corrected chi connectivity index (χ4v) is 2.61. The molecular formula is C16H22ClN3O4. The van der Waals surface area contributed by atoms with E-state index in [0.717, 1.165) is 12.8 Å². The largest absolute Gasteiger partial charge is 0.478 e. The summed E-state index contributed by atoms with van der Waals surface area (Å²) in [5, 5.41) is 12.4. The number of aromatic carboxylic acids is 1. The number of pyridine rings is 1. The van der Waals surface area contributed by atoms with Crippen LogP contribution >= 0.6 is 11.6 Å². The van der Waals surface area contributed by atoms with E-state index in [1.165, 1.54) is 12.3 Å². The van der Waals surface area contributed by atoms with E-state index in [9.17, 15) is 9.59 Å². The third-order valence-corrected chi connectivity index (χ3v) is 3.86. The molecule has 0 atom stereocenters. The van der Waals surface area contributed by atoms with Crippen LogP contribution in [0.2, 0.25) is 5.02 Å². The molecule has 2 heterocycles. The van der Waals surface area contributed by atoms with Crippen LogP contribution in [0.1, 0.15) is 44.0 Å². The Hall–Kier alpha value is -2.02. The van der Waals surface area contributed by atoms with Gasteiger partial charge in [-0.25, -0.2) is 14.6 Å². The highest BCUT2D eigenvalue weighted by molar-refractivity contribution is 6.33. The Morgan fingerprint density at radius 2 is 2.00 bits per heavy atom. The number of likely N-dealkylation sites (tertiary alicyclic amines) is 1. The molecule has 1 aliphatic rings. The molecule has 0 aromatic carbocycles. The molecule has 1 saturated heterocycles. The predicted molar refractivity (Wildman–Crippen MR) is 90.7 cm³/mol. The van der Waals surface area contributed by atoms with Crippen LogP contribution in [-0.4, -0.2) is 51.8 Å². The molecule has 0 unspecified atom stereocenters. The Kier molecular flexibility index (Phi) is 5.54. The maximum absolute atomic E-state index is 12.0. The van der Waals surface area contributed by atoms with Crippen LogP contribution in [-0.2, 0) is 4.74 Å². The van der Waals surface area contributed by atoms with Crippen molar-refractivity contribution >= 4 is 29.5 Å². The molecule has 1 aromatic heterocycles. The van der Waals surface area contributed by atoms with Gasteiger partial charge in [0.05, 0.1) is 10.6 Å². The number of piperidine rings is 1. The number of hydrogen-bond acceptors (Lipinski definition) is 5. The highest BCUT2D eigenvalue weighted by atomic mass is 35.5.